The van der Waals surface area contributed by atoms with Crippen LogP contribution in [-0.4, -0.2) is 36.1 Å². The van der Waals surface area contributed by atoms with Crippen LogP contribution in [-0.2, 0) is 11.3 Å². The van der Waals surface area contributed by atoms with Gasteiger partial charge in [0.15, 0.2) is 0 Å². The number of nitrogens with one attached hydrogen (secondary N) is 1. The molecule has 1 atom stereocenters. The maximum atomic E-state index is 12.8. The highest BCUT2D eigenvalue weighted by molar-refractivity contribution is 5.83. The van der Waals surface area contributed by atoms with Crippen LogP contribution in [0.5, 0.6) is 5.75 Å². The highest BCUT2D eigenvalue weighted by atomic mass is 16.3. The van der Waals surface area contributed by atoms with Crippen molar-refractivity contribution in [1.82, 2.24) is 10.2 Å². The minimum atomic E-state index is -0.222. The Kier molecular flexibility index (Phi) is 4.65. The van der Waals surface area contributed by atoms with Gasteiger partial charge < -0.3 is 15.3 Å². The zero-order valence-corrected chi connectivity index (χ0v) is 12.4. The van der Waals surface area contributed by atoms with E-state index in [-0.39, 0.29) is 17.1 Å². The predicted octanol–water partition coefficient (Wildman–Crippen LogP) is 2.13. The molecule has 2 rings (SSSR count). The summed E-state index contributed by atoms with van der Waals surface area (Å²) >= 11 is 0. The molecule has 0 aliphatic carbocycles. The third-order valence-electron chi connectivity index (χ3n) is 4.13. The molecule has 0 aromatic heterocycles. The van der Waals surface area contributed by atoms with E-state index >= 15 is 0 Å². The first-order valence-electron chi connectivity index (χ1n) is 7.31. The van der Waals surface area contributed by atoms with E-state index in [0.29, 0.717) is 6.54 Å². The van der Waals surface area contributed by atoms with Crippen LogP contribution in [0.3, 0.4) is 0 Å². The highest BCUT2D eigenvalue weighted by Crippen LogP contribution is 2.33. The monoisotopic (exact) mass is 276 g/mol. The van der Waals surface area contributed by atoms with Gasteiger partial charge in [0.05, 0.1) is 5.41 Å². The molecule has 1 aliphatic rings. The lowest BCUT2D eigenvalue weighted by Gasteiger charge is -2.31. The molecule has 4 nitrogen and oxygen atoms in total. The van der Waals surface area contributed by atoms with E-state index in [2.05, 4.69) is 12.2 Å². The second kappa shape index (κ2) is 6.27. The fraction of sp³-hybridized carbons (Fsp3) is 0.562. The second-order valence-corrected chi connectivity index (χ2v) is 5.78. The summed E-state index contributed by atoms with van der Waals surface area (Å²) in [6.07, 6.45) is 2.90. The molecule has 1 aliphatic heterocycles. The Morgan fingerprint density at radius 3 is 2.65 bits per heavy atom. The number of hydrogen-bond donors (Lipinski definition) is 2. The normalized spacial score (nSPS) is 21.9. The Labute approximate surface area is 120 Å². The van der Waals surface area contributed by atoms with Crippen molar-refractivity contribution >= 4 is 5.91 Å². The van der Waals surface area contributed by atoms with Gasteiger partial charge in [-0.25, -0.2) is 0 Å². The Balaban J connectivity index is 2.05. The van der Waals surface area contributed by atoms with E-state index in [4.69, 9.17) is 0 Å². The van der Waals surface area contributed by atoms with Crippen molar-refractivity contribution in [3.8, 4) is 5.75 Å². The summed E-state index contributed by atoms with van der Waals surface area (Å²) in [6.45, 7) is 4.44. The van der Waals surface area contributed by atoms with Crippen LogP contribution in [0.4, 0.5) is 0 Å². The lowest BCUT2D eigenvalue weighted by molar-refractivity contribution is -0.140. The van der Waals surface area contributed by atoms with E-state index < -0.39 is 0 Å². The second-order valence-electron chi connectivity index (χ2n) is 5.78. The van der Waals surface area contributed by atoms with Crippen molar-refractivity contribution in [2.75, 3.05) is 20.1 Å². The van der Waals surface area contributed by atoms with Crippen molar-refractivity contribution in [2.45, 2.75) is 32.7 Å². The molecule has 1 unspecified atom stereocenters. The predicted molar refractivity (Wildman–Crippen MR) is 79.4 cm³/mol. The van der Waals surface area contributed by atoms with E-state index in [1.807, 2.05) is 24.1 Å². The van der Waals surface area contributed by atoms with Crippen LogP contribution in [0, 0.1) is 5.41 Å². The van der Waals surface area contributed by atoms with Crippen molar-refractivity contribution in [3.63, 3.8) is 0 Å². The van der Waals surface area contributed by atoms with Gasteiger partial charge in [0.2, 0.25) is 5.91 Å². The third kappa shape index (κ3) is 3.12. The Hall–Kier alpha value is -1.55. The molecule has 0 saturated carbocycles. The molecule has 20 heavy (non-hydrogen) atoms. The first-order valence-corrected chi connectivity index (χ1v) is 7.31. The number of aromatic hydroxyl groups is 1. The minimum Gasteiger partial charge on any atom is -0.508 e. The average Bonchev–Trinajstić information content (AvgIpc) is 2.90. The number of nitrogens with zero attached hydrogens (tertiary/aromatic N) is 1. The molecular formula is C16H24N2O2. The van der Waals surface area contributed by atoms with Gasteiger partial charge in [-0.05, 0) is 37.1 Å². The molecular weight excluding hydrogens is 252 g/mol. The molecule has 1 fully saturated rings. The number of hydrogen-bond acceptors (Lipinski definition) is 3. The molecule has 110 valence electrons. The van der Waals surface area contributed by atoms with E-state index in [1.54, 1.807) is 12.1 Å². The molecule has 0 spiro atoms. The maximum absolute atomic E-state index is 12.8. The number of rotatable bonds is 5. The van der Waals surface area contributed by atoms with E-state index in [0.717, 1.165) is 37.9 Å². The fourth-order valence-electron chi connectivity index (χ4n) is 3.08. The van der Waals surface area contributed by atoms with Gasteiger partial charge in [-0.2, -0.15) is 0 Å². The van der Waals surface area contributed by atoms with Gasteiger partial charge in [-0.3, -0.25) is 4.79 Å². The maximum Gasteiger partial charge on any atom is 0.230 e. The number of benzene rings is 1. The van der Waals surface area contributed by atoms with Crippen LogP contribution >= 0.6 is 0 Å². The molecule has 1 heterocycles. The van der Waals surface area contributed by atoms with Crippen molar-refractivity contribution in [1.29, 1.82) is 0 Å². The molecule has 1 amide bonds. The van der Waals surface area contributed by atoms with E-state index in [9.17, 15) is 9.90 Å². The van der Waals surface area contributed by atoms with Crippen molar-refractivity contribution < 1.29 is 9.90 Å². The third-order valence-corrected chi connectivity index (χ3v) is 4.13. The van der Waals surface area contributed by atoms with Gasteiger partial charge in [0.1, 0.15) is 5.75 Å². The number of amides is 1. The molecule has 1 aromatic rings. The molecule has 4 heteroatoms. The lowest BCUT2D eigenvalue weighted by Crippen LogP contribution is -2.43. The fourth-order valence-corrected chi connectivity index (χ4v) is 3.08. The summed E-state index contributed by atoms with van der Waals surface area (Å²) in [5.74, 6) is 0.489. The molecule has 1 saturated heterocycles. The number of phenols is 1. The van der Waals surface area contributed by atoms with Crippen LogP contribution in [0.1, 0.15) is 31.7 Å². The standard InChI is InChI=1S/C16H24N2O2/c1-3-8-16(9-10-17-12-16)15(20)18(2)11-13-4-6-14(19)7-5-13/h4-7,17,19H,3,8-12H2,1-2H3. The molecule has 0 bridgehead atoms. The summed E-state index contributed by atoms with van der Waals surface area (Å²) in [4.78, 5) is 14.6. The van der Waals surface area contributed by atoms with Crippen LogP contribution in [0.2, 0.25) is 0 Å². The van der Waals surface area contributed by atoms with E-state index in [1.165, 1.54) is 0 Å². The first-order chi connectivity index (χ1) is 9.57. The van der Waals surface area contributed by atoms with Crippen molar-refractivity contribution in [3.05, 3.63) is 29.8 Å². The van der Waals surface area contributed by atoms with Gasteiger partial charge in [-0.1, -0.05) is 25.5 Å². The molecule has 0 radical (unpaired) electrons. The average molecular weight is 276 g/mol. The Morgan fingerprint density at radius 2 is 2.10 bits per heavy atom. The zero-order chi connectivity index (χ0) is 14.6. The number of carbonyl (C=O) groups excluding carboxylic acids is 1. The van der Waals surface area contributed by atoms with Crippen LogP contribution in [0.25, 0.3) is 0 Å². The number of phenolic OH excluding ortho intramolecular Hbond substituents is 1. The topological polar surface area (TPSA) is 52.6 Å². The van der Waals surface area contributed by atoms with Gasteiger partial charge >= 0.3 is 0 Å². The van der Waals surface area contributed by atoms with Gasteiger partial charge in [-0.15, -0.1) is 0 Å². The summed E-state index contributed by atoms with van der Waals surface area (Å²) in [6, 6.07) is 7.04. The molecule has 2 N–H and O–H groups in total. The summed E-state index contributed by atoms with van der Waals surface area (Å²) < 4.78 is 0. The lowest BCUT2D eigenvalue weighted by atomic mass is 9.81. The van der Waals surface area contributed by atoms with Crippen molar-refractivity contribution in [2.24, 2.45) is 5.41 Å². The SMILES string of the molecule is CCCC1(C(=O)N(C)Cc2ccc(O)cc2)CCNC1. The smallest absolute Gasteiger partial charge is 0.230 e. The van der Waals surface area contributed by atoms with Crippen LogP contribution in [0.15, 0.2) is 24.3 Å². The summed E-state index contributed by atoms with van der Waals surface area (Å²) in [5, 5.41) is 12.6. The van der Waals surface area contributed by atoms with Gasteiger partial charge in [0, 0.05) is 20.1 Å². The highest BCUT2D eigenvalue weighted by Gasteiger charge is 2.41. The number of carbonyl (C=O) groups is 1. The molecule has 1 aromatic carbocycles. The largest absolute Gasteiger partial charge is 0.508 e. The first kappa shape index (κ1) is 14.9. The summed E-state index contributed by atoms with van der Waals surface area (Å²) in [7, 11) is 1.87. The summed E-state index contributed by atoms with van der Waals surface area (Å²) in [5.41, 5.74) is 0.816. The zero-order valence-electron chi connectivity index (χ0n) is 12.4. The van der Waals surface area contributed by atoms with Gasteiger partial charge in [0.25, 0.3) is 0 Å². The van der Waals surface area contributed by atoms with Crippen LogP contribution < -0.4 is 5.32 Å². The Morgan fingerprint density at radius 1 is 1.40 bits per heavy atom. The quantitative estimate of drug-likeness (QED) is 0.866. The minimum absolute atomic E-state index is 0.222. The Bertz CT molecular complexity index is 450.